The summed E-state index contributed by atoms with van der Waals surface area (Å²) in [5.74, 6) is 1.36. The molecule has 126 valence electrons. The Morgan fingerprint density at radius 3 is 2.62 bits per heavy atom. The van der Waals surface area contributed by atoms with E-state index in [1.54, 1.807) is 17.8 Å². The zero-order valence-electron chi connectivity index (χ0n) is 13.1. The summed E-state index contributed by atoms with van der Waals surface area (Å²) < 4.78 is 0.359. The van der Waals surface area contributed by atoms with Gasteiger partial charge in [0.25, 0.3) is 11.6 Å². The number of carbonyl (C=O) groups excluding carboxylic acids is 1. The fourth-order valence-electron chi connectivity index (χ4n) is 2.01. The first-order valence-electron chi connectivity index (χ1n) is 7.33. The molecule has 0 radical (unpaired) electrons. The smallest absolute Gasteiger partial charge is 0.284 e. The van der Waals surface area contributed by atoms with Crippen LogP contribution >= 0.6 is 27.7 Å². The molecule has 0 saturated carbocycles. The Balaban J connectivity index is 1.78. The summed E-state index contributed by atoms with van der Waals surface area (Å²) in [4.78, 5) is 22.4. The van der Waals surface area contributed by atoms with Crippen molar-refractivity contribution in [2.45, 2.75) is 12.7 Å². The van der Waals surface area contributed by atoms with Crippen LogP contribution in [-0.2, 0) is 5.75 Å². The summed E-state index contributed by atoms with van der Waals surface area (Å²) in [6.07, 6.45) is 0. The second-order valence-corrected chi connectivity index (χ2v) is 7.18. The molecule has 0 aliphatic rings. The zero-order chi connectivity index (χ0) is 17.5. The quantitative estimate of drug-likeness (QED) is 0.420. The summed E-state index contributed by atoms with van der Waals surface area (Å²) >= 11 is 4.83. The topological polar surface area (TPSA) is 72.2 Å². The number of aryl methyl sites for hydroxylation is 1. The van der Waals surface area contributed by atoms with E-state index in [9.17, 15) is 14.9 Å². The molecule has 2 aromatic carbocycles. The standard InChI is InChI=1S/C17H17BrN2O3S/c1-12-2-4-13(5-3-12)11-24-9-8-19-17(21)14-6-7-15(18)16(10-14)20(22)23/h2-7,10H,8-9,11H2,1H3,(H,19,21). The first-order chi connectivity index (χ1) is 11.5. The Morgan fingerprint density at radius 1 is 1.25 bits per heavy atom. The molecule has 0 aliphatic carbocycles. The number of halogens is 1. The third-order valence-corrected chi connectivity index (χ3v) is 5.03. The Morgan fingerprint density at radius 2 is 1.96 bits per heavy atom. The molecule has 1 amide bonds. The number of rotatable bonds is 7. The van der Waals surface area contributed by atoms with Gasteiger partial charge in [-0.25, -0.2) is 0 Å². The molecule has 2 rings (SSSR count). The minimum absolute atomic E-state index is 0.114. The molecular weight excluding hydrogens is 392 g/mol. The highest BCUT2D eigenvalue weighted by atomic mass is 79.9. The van der Waals surface area contributed by atoms with Gasteiger partial charge < -0.3 is 5.32 Å². The third kappa shape index (κ3) is 5.35. The van der Waals surface area contributed by atoms with E-state index >= 15 is 0 Å². The lowest BCUT2D eigenvalue weighted by Gasteiger charge is -2.06. The van der Waals surface area contributed by atoms with Gasteiger partial charge in [-0.05, 0) is 40.5 Å². The number of hydrogen-bond acceptors (Lipinski definition) is 4. The van der Waals surface area contributed by atoms with Gasteiger partial charge in [0.1, 0.15) is 0 Å². The van der Waals surface area contributed by atoms with Gasteiger partial charge in [-0.2, -0.15) is 11.8 Å². The van der Waals surface area contributed by atoms with E-state index in [2.05, 4.69) is 52.4 Å². The Hall–Kier alpha value is -1.86. The number of nitrogens with zero attached hydrogens (tertiary/aromatic N) is 1. The van der Waals surface area contributed by atoms with Crippen molar-refractivity contribution in [3.63, 3.8) is 0 Å². The van der Waals surface area contributed by atoms with Gasteiger partial charge in [0, 0.05) is 29.7 Å². The zero-order valence-corrected chi connectivity index (χ0v) is 15.5. The number of hydrogen-bond donors (Lipinski definition) is 1. The van der Waals surface area contributed by atoms with Crippen LogP contribution in [-0.4, -0.2) is 23.1 Å². The number of carbonyl (C=O) groups is 1. The van der Waals surface area contributed by atoms with E-state index in [1.807, 2.05) is 0 Å². The normalized spacial score (nSPS) is 10.4. The highest BCUT2D eigenvalue weighted by molar-refractivity contribution is 9.10. The summed E-state index contributed by atoms with van der Waals surface area (Å²) in [5.41, 5.74) is 2.66. The predicted molar refractivity (Wildman–Crippen MR) is 100 cm³/mol. The van der Waals surface area contributed by atoms with Gasteiger partial charge in [-0.1, -0.05) is 29.8 Å². The SMILES string of the molecule is Cc1ccc(CSCCNC(=O)c2ccc(Br)c([N+](=O)[O-])c2)cc1. The van der Waals surface area contributed by atoms with Gasteiger partial charge in [-0.3, -0.25) is 14.9 Å². The van der Waals surface area contributed by atoms with E-state index in [0.29, 0.717) is 11.0 Å². The number of nitrogens with one attached hydrogen (secondary N) is 1. The van der Waals surface area contributed by atoms with Crippen molar-refractivity contribution in [2.75, 3.05) is 12.3 Å². The first-order valence-corrected chi connectivity index (χ1v) is 9.27. The number of thioether (sulfide) groups is 1. The van der Waals surface area contributed by atoms with E-state index in [1.165, 1.54) is 23.3 Å². The molecule has 5 nitrogen and oxygen atoms in total. The summed E-state index contributed by atoms with van der Waals surface area (Å²) in [6, 6.07) is 12.7. The third-order valence-electron chi connectivity index (χ3n) is 3.33. The molecule has 0 bridgehead atoms. The second kappa shape index (κ2) is 8.84. The molecule has 0 atom stereocenters. The highest BCUT2D eigenvalue weighted by Gasteiger charge is 2.15. The van der Waals surface area contributed by atoms with Crippen LogP contribution in [0.1, 0.15) is 21.5 Å². The van der Waals surface area contributed by atoms with Crippen LogP contribution < -0.4 is 5.32 Å². The lowest BCUT2D eigenvalue weighted by molar-refractivity contribution is -0.385. The molecule has 0 heterocycles. The van der Waals surface area contributed by atoms with Crippen molar-refractivity contribution in [3.05, 3.63) is 73.7 Å². The summed E-state index contributed by atoms with van der Waals surface area (Å²) in [5, 5.41) is 13.7. The lowest BCUT2D eigenvalue weighted by Crippen LogP contribution is -2.25. The average molecular weight is 409 g/mol. The predicted octanol–water partition coefficient (Wildman–Crippen LogP) is 4.33. The highest BCUT2D eigenvalue weighted by Crippen LogP contribution is 2.25. The Labute approximate surface area is 153 Å². The molecule has 0 unspecified atom stereocenters. The van der Waals surface area contributed by atoms with Crippen molar-refractivity contribution in [2.24, 2.45) is 0 Å². The van der Waals surface area contributed by atoms with Crippen molar-refractivity contribution < 1.29 is 9.72 Å². The minimum Gasteiger partial charge on any atom is -0.351 e. The first kappa shape index (κ1) is 18.5. The van der Waals surface area contributed by atoms with Gasteiger partial charge in [0.15, 0.2) is 0 Å². The van der Waals surface area contributed by atoms with Crippen LogP contribution in [0.3, 0.4) is 0 Å². The van der Waals surface area contributed by atoms with Crippen LogP contribution in [0.25, 0.3) is 0 Å². The van der Waals surface area contributed by atoms with Gasteiger partial charge in [-0.15, -0.1) is 0 Å². The van der Waals surface area contributed by atoms with Crippen LogP contribution in [0, 0.1) is 17.0 Å². The molecule has 24 heavy (non-hydrogen) atoms. The molecule has 0 aromatic heterocycles. The second-order valence-electron chi connectivity index (χ2n) is 5.22. The molecule has 7 heteroatoms. The maximum atomic E-state index is 12.0. The maximum absolute atomic E-state index is 12.0. The fourth-order valence-corrected chi connectivity index (χ4v) is 3.22. The minimum atomic E-state index is -0.516. The largest absolute Gasteiger partial charge is 0.351 e. The molecule has 0 saturated heterocycles. The number of amides is 1. The number of benzene rings is 2. The van der Waals surface area contributed by atoms with Crippen LogP contribution in [0.2, 0.25) is 0 Å². The Bertz CT molecular complexity index is 735. The number of nitro benzene ring substituents is 1. The van der Waals surface area contributed by atoms with E-state index in [0.717, 1.165) is 11.5 Å². The van der Waals surface area contributed by atoms with Crippen LogP contribution in [0.5, 0.6) is 0 Å². The number of nitro groups is 1. The average Bonchev–Trinajstić information content (AvgIpc) is 2.56. The van der Waals surface area contributed by atoms with E-state index in [4.69, 9.17) is 0 Å². The van der Waals surface area contributed by atoms with Crippen molar-refractivity contribution in [3.8, 4) is 0 Å². The monoisotopic (exact) mass is 408 g/mol. The van der Waals surface area contributed by atoms with Crippen molar-refractivity contribution in [1.82, 2.24) is 5.32 Å². The van der Waals surface area contributed by atoms with Crippen molar-refractivity contribution >= 4 is 39.3 Å². The fraction of sp³-hybridized carbons (Fsp3) is 0.235. The van der Waals surface area contributed by atoms with Gasteiger partial charge >= 0.3 is 0 Å². The molecule has 0 spiro atoms. The van der Waals surface area contributed by atoms with Gasteiger partial charge in [0.05, 0.1) is 9.40 Å². The van der Waals surface area contributed by atoms with Crippen LogP contribution in [0.15, 0.2) is 46.9 Å². The molecular formula is C17H17BrN2O3S. The summed E-state index contributed by atoms with van der Waals surface area (Å²) in [7, 11) is 0. The van der Waals surface area contributed by atoms with Crippen molar-refractivity contribution in [1.29, 1.82) is 0 Å². The molecule has 0 aliphatic heterocycles. The molecule has 1 N–H and O–H groups in total. The maximum Gasteiger partial charge on any atom is 0.284 e. The van der Waals surface area contributed by atoms with E-state index < -0.39 is 4.92 Å². The van der Waals surface area contributed by atoms with E-state index in [-0.39, 0.29) is 17.2 Å². The lowest BCUT2D eigenvalue weighted by atomic mass is 10.2. The summed E-state index contributed by atoms with van der Waals surface area (Å²) in [6.45, 7) is 2.57. The molecule has 2 aromatic rings. The van der Waals surface area contributed by atoms with Crippen LogP contribution in [0.4, 0.5) is 5.69 Å². The molecule has 0 fully saturated rings. The van der Waals surface area contributed by atoms with Gasteiger partial charge in [0.2, 0.25) is 0 Å². The Kier molecular flexibility index (Phi) is 6.81.